The number of hydrogen-bond acceptors (Lipinski definition) is 3. The average molecular weight is 789 g/mol. The molecule has 0 aliphatic heterocycles. The molecule has 2 aliphatic rings. The van der Waals surface area contributed by atoms with Crippen molar-refractivity contribution < 1.29 is 0 Å². The van der Waals surface area contributed by atoms with Crippen LogP contribution in [0.15, 0.2) is 218 Å². The van der Waals surface area contributed by atoms with Gasteiger partial charge >= 0.3 is 0 Å². The van der Waals surface area contributed by atoms with Gasteiger partial charge in [-0.2, -0.15) is 0 Å². The molecule has 2 aliphatic carbocycles. The van der Waals surface area contributed by atoms with Gasteiger partial charge in [-0.1, -0.05) is 194 Å². The maximum absolute atomic E-state index is 5.34. The predicted octanol–water partition coefficient (Wildman–Crippen LogP) is 14.0. The fourth-order valence-electron chi connectivity index (χ4n) is 10.5. The van der Waals surface area contributed by atoms with Crippen molar-refractivity contribution in [2.45, 2.75) is 5.41 Å². The first kappa shape index (κ1) is 34.6. The molecule has 0 fully saturated rings. The molecule has 11 aromatic rings. The van der Waals surface area contributed by atoms with E-state index in [0.29, 0.717) is 17.5 Å². The summed E-state index contributed by atoms with van der Waals surface area (Å²) in [5, 5.41) is 2.48. The van der Waals surface area contributed by atoms with Crippen LogP contribution < -0.4 is 0 Å². The molecular weight excluding hydrogens is 753 g/mol. The summed E-state index contributed by atoms with van der Waals surface area (Å²) < 4.78 is 2.37. The molecule has 0 amide bonds. The van der Waals surface area contributed by atoms with Crippen molar-refractivity contribution in [2.75, 3.05) is 0 Å². The third-order valence-electron chi connectivity index (χ3n) is 13.1. The van der Waals surface area contributed by atoms with E-state index in [0.717, 1.165) is 33.5 Å². The van der Waals surface area contributed by atoms with Gasteiger partial charge in [0.25, 0.3) is 0 Å². The lowest BCUT2D eigenvalue weighted by molar-refractivity contribution is 0.794. The van der Waals surface area contributed by atoms with Crippen LogP contribution in [0.1, 0.15) is 22.3 Å². The van der Waals surface area contributed by atoms with Gasteiger partial charge < -0.3 is 4.57 Å². The molecule has 0 saturated carbocycles. The van der Waals surface area contributed by atoms with Crippen LogP contribution in [0, 0.1) is 0 Å². The largest absolute Gasteiger partial charge is 0.309 e. The van der Waals surface area contributed by atoms with Crippen molar-refractivity contribution in [2.24, 2.45) is 0 Å². The maximum atomic E-state index is 5.34. The Bertz CT molecular complexity index is 3520. The Balaban J connectivity index is 0.969. The molecule has 4 heteroatoms. The lowest BCUT2D eigenvalue weighted by atomic mass is 9.70. The highest BCUT2D eigenvalue weighted by molar-refractivity contribution is 6.10. The number of nitrogens with zero attached hydrogens (tertiary/aromatic N) is 4. The van der Waals surface area contributed by atoms with Crippen LogP contribution in [-0.2, 0) is 5.41 Å². The van der Waals surface area contributed by atoms with E-state index >= 15 is 0 Å². The van der Waals surface area contributed by atoms with Crippen LogP contribution in [0.2, 0.25) is 0 Å². The Morgan fingerprint density at radius 2 is 0.790 bits per heavy atom. The first-order chi connectivity index (χ1) is 30.8. The monoisotopic (exact) mass is 788 g/mol. The van der Waals surface area contributed by atoms with Crippen LogP contribution in [0.25, 0.3) is 95.0 Å². The van der Waals surface area contributed by atoms with E-state index in [1.165, 1.54) is 66.3 Å². The summed E-state index contributed by atoms with van der Waals surface area (Å²) >= 11 is 0. The zero-order valence-electron chi connectivity index (χ0n) is 33.6. The summed E-state index contributed by atoms with van der Waals surface area (Å²) in [5.41, 5.74) is 18.3. The minimum absolute atomic E-state index is 0.457. The highest BCUT2D eigenvalue weighted by Gasteiger charge is 2.52. The van der Waals surface area contributed by atoms with E-state index in [1.54, 1.807) is 0 Å². The molecule has 62 heavy (non-hydrogen) atoms. The number of aromatic nitrogens is 4. The van der Waals surface area contributed by atoms with E-state index in [-0.39, 0.29) is 0 Å². The molecule has 1 spiro atoms. The summed E-state index contributed by atoms with van der Waals surface area (Å²) in [6.45, 7) is 0. The van der Waals surface area contributed by atoms with Crippen LogP contribution in [-0.4, -0.2) is 19.5 Å². The summed E-state index contributed by atoms with van der Waals surface area (Å²) in [4.78, 5) is 15.8. The van der Waals surface area contributed by atoms with Crippen LogP contribution in [0.5, 0.6) is 0 Å². The quantitative estimate of drug-likeness (QED) is 0.174. The Kier molecular flexibility index (Phi) is 7.49. The van der Waals surface area contributed by atoms with Gasteiger partial charge in [-0.25, -0.2) is 15.0 Å². The Morgan fingerprint density at radius 1 is 0.306 bits per heavy atom. The number of benzene rings is 9. The van der Waals surface area contributed by atoms with Gasteiger partial charge in [-0.15, -0.1) is 0 Å². The van der Waals surface area contributed by atoms with Gasteiger partial charge in [0.2, 0.25) is 0 Å². The zero-order valence-corrected chi connectivity index (χ0v) is 33.6. The highest BCUT2D eigenvalue weighted by Crippen LogP contribution is 2.63. The molecule has 2 aromatic heterocycles. The third kappa shape index (κ3) is 4.92. The molecule has 9 aromatic carbocycles. The Hall–Kier alpha value is -8.21. The fraction of sp³-hybridized carbons (Fsp3) is 0.0172. The van der Waals surface area contributed by atoms with E-state index in [9.17, 15) is 0 Å². The molecule has 4 nitrogen and oxygen atoms in total. The normalized spacial score (nSPS) is 13.0. The number of rotatable bonds is 5. The Morgan fingerprint density at radius 3 is 1.50 bits per heavy atom. The van der Waals surface area contributed by atoms with Gasteiger partial charge in [0.05, 0.1) is 16.4 Å². The van der Waals surface area contributed by atoms with Crippen LogP contribution >= 0.6 is 0 Å². The van der Waals surface area contributed by atoms with Crippen molar-refractivity contribution >= 4 is 21.8 Å². The van der Waals surface area contributed by atoms with Gasteiger partial charge in [-0.05, 0) is 79.9 Å². The van der Waals surface area contributed by atoms with Crippen molar-refractivity contribution in [1.29, 1.82) is 0 Å². The second kappa shape index (κ2) is 13.4. The molecule has 13 rings (SSSR count). The van der Waals surface area contributed by atoms with Gasteiger partial charge in [-0.3, -0.25) is 0 Å². The molecule has 0 radical (unpaired) electrons. The van der Waals surface area contributed by atoms with Crippen molar-refractivity contribution in [1.82, 2.24) is 19.5 Å². The second-order valence-corrected chi connectivity index (χ2v) is 16.3. The van der Waals surface area contributed by atoms with Crippen molar-refractivity contribution in [3.8, 4) is 73.2 Å². The van der Waals surface area contributed by atoms with Gasteiger partial charge in [0.1, 0.15) is 0 Å². The summed E-state index contributed by atoms with van der Waals surface area (Å²) in [7, 11) is 0. The molecule has 0 atom stereocenters. The van der Waals surface area contributed by atoms with Gasteiger partial charge in [0.15, 0.2) is 17.5 Å². The highest BCUT2D eigenvalue weighted by atomic mass is 15.0. The van der Waals surface area contributed by atoms with E-state index in [2.05, 4.69) is 205 Å². The standard InChI is InChI=1S/C58H36N4/c1-3-16-38(17-4-1)55-59-56(39-32-30-37(31-33-39)40-34-35-45-44-22-10-14-29-52(44)62(53(45)36-40)41-18-5-2-6-19-41)61-57(60-55)47-24-15-28-51-54(47)46-23-9-13-27-50(46)58(51)48-25-11-7-20-42(48)43-21-8-12-26-49(43)58/h1-36H. The number of para-hydroxylation sites is 2. The van der Waals surface area contributed by atoms with E-state index < -0.39 is 5.41 Å². The van der Waals surface area contributed by atoms with Crippen molar-refractivity contribution in [3.05, 3.63) is 241 Å². The predicted molar refractivity (Wildman–Crippen MR) is 252 cm³/mol. The topological polar surface area (TPSA) is 43.6 Å². The number of hydrogen-bond donors (Lipinski definition) is 0. The fourth-order valence-corrected chi connectivity index (χ4v) is 10.5. The maximum Gasteiger partial charge on any atom is 0.164 e. The molecule has 0 N–H and O–H groups in total. The molecule has 0 bridgehead atoms. The SMILES string of the molecule is c1ccc(-c2nc(-c3ccc(-c4ccc5c6ccccc6n(-c6ccccc6)c5c4)cc3)nc(-c3cccc4c3-c3ccccc3C43c4ccccc4-c4ccccc43)n2)cc1. The second-order valence-electron chi connectivity index (χ2n) is 16.3. The first-order valence-electron chi connectivity index (χ1n) is 21.2. The minimum atomic E-state index is -0.457. The molecule has 2 heterocycles. The first-order valence-corrected chi connectivity index (χ1v) is 21.2. The summed E-state index contributed by atoms with van der Waals surface area (Å²) in [6.07, 6.45) is 0. The molecule has 0 saturated heterocycles. The van der Waals surface area contributed by atoms with E-state index in [1.807, 2.05) is 18.2 Å². The smallest absolute Gasteiger partial charge is 0.164 e. The summed E-state index contributed by atoms with van der Waals surface area (Å²) in [5.74, 6) is 1.93. The third-order valence-corrected chi connectivity index (χ3v) is 13.1. The lowest BCUT2D eigenvalue weighted by Crippen LogP contribution is -2.25. The molecular formula is C58H36N4. The zero-order chi connectivity index (χ0) is 40.8. The van der Waals surface area contributed by atoms with Crippen LogP contribution in [0.4, 0.5) is 0 Å². The Labute approximate surface area is 359 Å². The summed E-state index contributed by atoms with van der Waals surface area (Å²) in [6, 6.07) is 78.4. The minimum Gasteiger partial charge on any atom is -0.309 e. The van der Waals surface area contributed by atoms with Crippen molar-refractivity contribution in [3.63, 3.8) is 0 Å². The van der Waals surface area contributed by atoms with Gasteiger partial charge in [0, 0.05) is 33.2 Å². The molecule has 0 unspecified atom stereocenters. The number of fused-ring (bicyclic) bond motifs is 13. The average Bonchev–Trinajstić information content (AvgIpc) is 3.96. The molecule has 288 valence electrons. The van der Waals surface area contributed by atoms with Crippen LogP contribution in [0.3, 0.4) is 0 Å². The lowest BCUT2D eigenvalue weighted by Gasteiger charge is -2.30. The van der Waals surface area contributed by atoms with E-state index in [4.69, 9.17) is 15.0 Å².